The summed E-state index contributed by atoms with van der Waals surface area (Å²) in [6.45, 7) is 2.47. The van der Waals surface area contributed by atoms with Crippen LogP contribution in [0.2, 0.25) is 0 Å². The lowest BCUT2D eigenvalue weighted by molar-refractivity contribution is -0.122. The maximum Gasteiger partial charge on any atom is 0.317 e. The summed E-state index contributed by atoms with van der Waals surface area (Å²) in [6.07, 6.45) is 5.35. The van der Waals surface area contributed by atoms with Gasteiger partial charge in [0.05, 0.1) is 5.60 Å². The Morgan fingerprint density at radius 1 is 1.32 bits per heavy atom. The van der Waals surface area contributed by atoms with Gasteiger partial charge < -0.3 is 15.0 Å². The van der Waals surface area contributed by atoms with Crippen molar-refractivity contribution in [2.75, 3.05) is 26.7 Å². The Hall–Kier alpha value is -1.55. The second-order valence-electron chi connectivity index (χ2n) is 6.62. The third-order valence-electron chi connectivity index (χ3n) is 5.14. The lowest BCUT2D eigenvalue weighted by Crippen LogP contribution is -2.52. The molecule has 1 spiro atoms. The van der Waals surface area contributed by atoms with E-state index in [0.717, 1.165) is 51.8 Å². The highest BCUT2D eigenvalue weighted by atomic mass is 16.5. The van der Waals surface area contributed by atoms with Gasteiger partial charge in [0.1, 0.15) is 0 Å². The number of nitrogens with zero attached hydrogens (tertiary/aromatic N) is 1. The van der Waals surface area contributed by atoms with E-state index in [-0.39, 0.29) is 11.6 Å². The monoisotopic (exact) mass is 302 g/mol. The number of amides is 2. The zero-order valence-corrected chi connectivity index (χ0v) is 13.4. The van der Waals surface area contributed by atoms with Crippen LogP contribution in [0.5, 0.6) is 0 Å². The zero-order chi connectivity index (χ0) is 15.4. The molecule has 3 rings (SSSR count). The maximum atomic E-state index is 11.7. The summed E-state index contributed by atoms with van der Waals surface area (Å²) in [5.41, 5.74) is 1.43. The highest BCUT2D eigenvalue weighted by Gasteiger charge is 2.40. The molecule has 120 valence electrons. The Morgan fingerprint density at radius 3 is 2.73 bits per heavy atom. The van der Waals surface area contributed by atoms with Gasteiger partial charge in [-0.3, -0.25) is 0 Å². The number of urea groups is 1. The summed E-state index contributed by atoms with van der Waals surface area (Å²) in [6, 6.07) is 10.8. The Balaban J connectivity index is 1.58. The lowest BCUT2D eigenvalue weighted by Gasteiger charge is -2.46. The van der Waals surface area contributed by atoms with Gasteiger partial charge in [-0.1, -0.05) is 30.3 Å². The van der Waals surface area contributed by atoms with Crippen molar-refractivity contribution in [2.45, 2.75) is 37.7 Å². The molecule has 0 saturated carbocycles. The van der Waals surface area contributed by atoms with Crippen molar-refractivity contribution in [1.82, 2.24) is 10.2 Å². The fourth-order valence-electron chi connectivity index (χ4n) is 3.87. The van der Waals surface area contributed by atoms with E-state index in [1.807, 2.05) is 4.90 Å². The Labute approximate surface area is 132 Å². The molecule has 2 heterocycles. The molecule has 1 N–H and O–H groups in total. The van der Waals surface area contributed by atoms with Crippen LogP contribution < -0.4 is 5.32 Å². The van der Waals surface area contributed by atoms with E-state index in [4.69, 9.17) is 4.74 Å². The van der Waals surface area contributed by atoms with E-state index in [2.05, 4.69) is 35.6 Å². The van der Waals surface area contributed by atoms with E-state index in [1.54, 1.807) is 7.05 Å². The first-order chi connectivity index (χ1) is 10.7. The second kappa shape index (κ2) is 6.69. The fraction of sp³-hybridized carbons (Fsp3) is 0.611. The highest BCUT2D eigenvalue weighted by Crippen LogP contribution is 2.38. The van der Waals surface area contributed by atoms with Crippen molar-refractivity contribution in [3.8, 4) is 0 Å². The molecule has 2 aliphatic rings. The number of rotatable bonds is 2. The van der Waals surface area contributed by atoms with Gasteiger partial charge in [-0.2, -0.15) is 0 Å². The average molecular weight is 302 g/mol. The van der Waals surface area contributed by atoms with Crippen LogP contribution in [0, 0.1) is 5.92 Å². The number of ether oxygens (including phenoxy) is 1. The van der Waals surface area contributed by atoms with Crippen molar-refractivity contribution in [1.29, 1.82) is 0 Å². The minimum absolute atomic E-state index is 0.00220. The van der Waals surface area contributed by atoms with Crippen molar-refractivity contribution in [2.24, 2.45) is 5.92 Å². The summed E-state index contributed by atoms with van der Waals surface area (Å²) >= 11 is 0. The molecule has 0 aromatic heterocycles. The third kappa shape index (κ3) is 3.43. The van der Waals surface area contributed by atoms with Crippen LogP contribution in [0.25, 0.3) is 0 Å². The van der Waals surface area contributed by atoms with Crippen LogP contribution in [0.3, 0.4) is 0 Å². The van der Waals surface area contributed by atoms with E-state index >= 15 is 0 Å². The minimum atomic E-state index is 0.00220. The van der Waals surface area contributed by atoms with Crippen LogP contribution >= 0.6 is 0 Å². The number of hydrogen-bond donors (Lipinski definition) is 1. The molecule has 22 heavy (non-hydrogen) atoms. The molecule has 4 heteroatoms. The molecule has 0 aliphatic carbocycles. The Morgan fingerprint density at radius 2 is 2.05 bits per heavy atom. The molecule has 1 aromatic rings. The third-order valence-corrected chi connectivity index (χ3v) is 5.14. The lowest BCUT2D eigenvalue weighted by atomic mass is 9.77. The summed E-state index contributed by atoms with van der Waals surface area (Å²) in [5, 5.41) is 2.71. The van der Waals surface area contributed by atoms with Crippen molar-refractivity contribution >= 4 is 6.03 Å². The SMILES string of the molecule is CNC(=O)N1CCC2(CC1)CC(Cc1ccccc1)CCO2. The van der Waals surface area contributed by atoms with Gasteiger partial charge in [0.25, 0.3) is 0 Å². The van der Waals surface area contributed by atoms with Gasteiger partial charge >= 0.3 is 6.03 Å². The number of piperidine rings is 1. The van der Waals surface area contributed by atoms with Crippen LogP contribution in [-0.2, 0) is 11.2 Å². The van der Waals surface area contributed by atoms with E-state index < -0.39 is 0 Å². The maximum absolute atomic E-state index is 11.7. The summed E-state index contributed by atoms with van der Waals surface area (Å²) in [4.78, 5) is 13.6. The number of carbonyl (C=O) groups is 1. The zero-order valence-electron chi connectivity index (χ0n) is 13.4. The van der Waals surface area contributed by atoms with Gasteiger partial charge in [-0.05, 0) is 43.6 Å². The first kappa shape index (κ1) is 15.3. The van der Waals surface area contributed by atoms with Gasteiger partial charge in [-0.15, -0.1) is 0 Å². The van der Waals surface area contributed by atoms with Gasteiger partial charge in [-0.25, -0.2) is 4.79 Å². The predicted molar refractivity (Wildman–Crippen MR) is 86.8 cm³/mol. The van der Waals surface area contributed by atoms with Crippen molar-refractivity contribution in [3.05, 3.63) is 35.9 Å². The van der Waals surface area contributed by atoms with Crippen LogP contribution in [0.4, 0.5) is 4.79 Å². The van der Waals surface area contributed by atoms with Gasteiger partial charge in [0, 0.05) is 26.7 Å². The first-order valence-electron chi connectivity index (χ1n) is 8.35. The van der Waals surface area contributed by atoms with Gasteiger partial charge in [0.2, 0.25) is 0 Å². The molecule has 1 atom stereocenters. The number of carbonyl (C=O) groups excluding carboxylic acids is 1. The minimum Gasteiger partial charge on any atom is -0.375 e. The predicted octanol–water partition coefficient (Wildman–Crippen LogP) is 2.83. The standard InChI is InChI=1S/C18H26N2O2/c1-19-17(21)20-10-8-18(9-11-20)14-16(7-12-22-18)13-15-5-3-2-4-6-15/h2-6,16H,7-14H2,1H3,(H,19,21). The molecule has 0 radical (unpaired) electrons. The largest absolute Gasteiger partial charge is 0.375 e. The van der Waals surface area contributed by atoms with Gasteiger partial charge in [0.15, 0.2) is 0 Å². The Kier molecular flexibility index (Phi) is 4.67. The molecule has 0 bridgehead atoms. The molecule has 1 aromatic carbocycles. The van der Waals surface area contributed by atoms with Crippen molar-refractivity contribution < 1.29 is 9.53 Å². The van der Waals surface area contributed by atoms with E-state index in [1.165, 1.54) is 5.56 Å². The second-order valence-corrected chi connectivity index (χ2v) is 6.62. The Bertz CT molecular complexity index is 495. The van der Waals surface area contributed by atoms with Crippen molar-refractivity contribution in [3.63, 3.8) is 0 Å². The van der Waals surface area contributed by atoms with E-state index in [0.29, 0.717) is 5.92 Å². The smallest absolute Gasteiger partial charge is 0.317 e. The number of benzene rings is 1. The number of nitrogens with one attached hydrogen (secondary N) is 1. The van der Waals surface area contributed by atoms with Crippen LogP contribution in [0.15, 0.2) is 30.3 Å². The fourth-order valence-corrected chi connectivity index (χ4v) is 3.87. The molecule has 2 saturated heterocycles. The molecule has 2 amide bonds. The molecule has 4 nitrogen and oxygen atoms in total. The quantitative estimate of drug-likeness (QED) is 0.912. The normalized spacial score (nSPS) is 24.2. The number of hydrogen-bond acceptors (Lipinski definition) is 2. The number of likely N-dealkylation sites (tertiary alicyclic amines) is 1. The topological polar surface area (TPSA) is 41.6 Å². The summed E-state index contributed by atoms with van der Waals surface area (Å²) in [7, 11) is 1.69. The van der Waals surface area contributed by atoms with E-state index in [9.17, 15) is 4.79 Å². The summed E-state index contributed by atoms with van der Waals surface area (Å²) < 4.78 is 6.18. The molecule has 2 fully saturated rings. The average Bonchev–Trinajstić information content (AvgIpc) is 2.56. The molecular formula is C18H26N2O2. The molecule has 1 unspecified atom stereocenters. The van der Waals surface area contributed by atoms with Crippen LogP contribution in [-0.4, -0.2) is 43.3 Å². The first-order valence-corrected chi connectivity index (χ1v) is 8.35. The van der Waals surface area contributed by atoms with Crippen LogP contribution in [0.1, 0.15) is 31.2 Å². The highest BCUT2D eigenvalue weighted by molar-refractivity contribution is 5.73. The molecular weight excluding hydrogens is 276 g/mol. The summed E-state index contributed by atoms with van der Waals surface area (Å²) in [5.74, 6) is 0.697. The molecule has 2 aliphatic heterocycles.